The minimum absolute atomic E-state index is 0.0434. The van der Waals surface area contributed by atoms with Crippen molar-refractivity contribution in [2.45, 2.75) is 18.2 Å². The van der Waals surface area contributed by atoms with Crippen LogP contribution < -0.4 is 5.32 Å². The molecule has 0 saturated carbocycles. The van der Waals surface area contributed by atoms with Crippen molar-refractivity contribution in [3.63, 3.8) is 0 Å². The number of nitrogens with one attached hydrogen (secondary N) is 1. The SMILES string of the molecule is O=C(NCCO)c1ccc(C2=NOC(c3cc(Cl)cc(Cl)c3)(C(F)(F)F)C2)c2ccccc12. The predicted octanol–water partition coefficient (Wildman–Crippen LogP) is 5.45. The van der Waals surface area contributed by atoms with Crippen molar-refractivity contribution >= 4 is 45.6 Å². The zero-order valence-corrected chi connectivity index (χ0v) is 18.4. The quantitative estimate of drug-likeness (QED) is 0.493. The van der Waals surface area contributed by atoms with Gasteiger partial charge in [0.05, 0.1) is 12.3 Å². The molecule has 3 aromatic rings. The Morgan fingerprint density at radius 2 is 1.76 bits per heavy atom. The van der Waals surface area contributed by atoms with Gasteiger partial charge < -0.3 is 15.3 Å². The van der Waals surface area contributed by atoms with Gasteiger partial charge in [0.15, 0.2) is 0 Å². The van der Waals surface area contributed by atoms with Crippen LogP contribution in [0.4, 0.5) is 13.2 Å². The van der Waals surface area contributed by atoms with Gasteiger partial charge in [0.25, 0.3) is 11.5 Å². The molecule has 2 N–H and O–H groups in total. The molecule has 1 amide bonds. The molecule has 0 radical (unpaired) electrons. The maximum atomic E-state index is 14.3. The summed E-state index contributed by atoms with van der Waals surface area (Å²) in [7, 11) is 0. The predicted molar refractivity (Wildman–Crippen MR) is 120 cm³/mol. The first-order valence-corrected chi connectivity index (χ1v) is 10.6. The summed E-state index contributed by atoms with van der Waals surface area (Å²) in [5.74, 6) is -0.408. The van der Waals surface area contributed by atoms with Crippen molar-refractivity contribution in [3.05, 3.63) is 81.3 Å². The van der Waals surface area contributed by atoms with E-state index in [4.69, 9.17) is 33.1 Å². The second-order valence-corrected chi connectivity index (χ2v) is 8.35. The van der Waals surface area contributed by atoms with Gasteiger partial charge in [0.1, 0.15) is 0 Å². The molecule has 33 heavy (non-hydrogen) atoms. The van der Waals surface area contributed by atoms with Crippen LogP contribution in [0.25, 0.3) is 10.8 Å². The molecule has 1 aliphatic heterocycles. The average molecular weight is 497 g/mol. The first kappa shape index (κ1) is 23.4. The number of nitrogens with zero attached hydrogens (tertiary/aromatic N) is 1. The fraction of sp³-hybridized carbons (Fsp3) is 0.217. The molecule has 4 rings (SSSR count). The third-order valence-electron chi connectivity index (χ3n) is 5.39. The Morgan fingerprint density at radius 3 is 2.39 bits per heavy atom. The summed E-state index contributed by atoms with van der Waals surface area (Å²) in [6.07, 6.45) is -5.42. The number of oxime groups is 1. The van der Waals surface area contributed by atoms with Crippen LogP contribution in [0.1, 0.15) is 27.9 Å². The second-order valence-electron chi connectivity index (χ2n) is 7.47. The Balaban J connectivity index is 1.78. The average Bonchev–Trinajstić information content (AvgIpc) is 3.23. The van der Waals surface area contributed by atoms with Gasteiger partial charge in [-0.25, -0.2) is 0 Å². The van der Waals surface area contributed by atoms with Crippen molar-refractivity contribution in [3.8, 4) is 0 Å². The molecule has 3 aromatic carbocycles. The van der Waals surface area contributed by atoms with Gasteiger partial charge in [-0.1, -0.05) is 58.7 Å². The van der Waals surface area contributed by atoms with Crippen molar-refractivity contribution in [1.82, 2.24) is 5.32 Å². The van der Waals surface area contributed by atoms with E-state index >= 15 is 0 Å². The molecule has 0 bridgehead atoms. The number of aliphatic hydroxyl groups excluding tert-OH is 1. The highest BCUT2D eigenvalue weighted by molar-refractivity contribution is 6.34. The van der Waals surface area contributed by atoms with Crippen molar-refractivity contribution in [2.24, 2.45) is 5.16 Å². The highest BCUT2D eigenvalue weighted by Crippen LogP contribution is 2.50. The Morgan fingerprint density at radius 1 is 1.09 bits per heavy atom. The Labute approximate surface area is 196 Å². The lowest BCUT2D eigenvalue weighted by Gasteiger charge is -2.29. The van der Waals surface area contributed by atoms with Crippen molar-refractivity contribution in [1.29, 1.82) is 0 Å². The minimum Gasteiger partial charge on any atom is -0.395 e. The molecule has 10 heteroatoms. The Hall–Kier alpha value is -2.81. The van der Waals surface area contributed by atoms with E-state index in [2.05, 4.69) is 10.5 Å². The largest absolute Gasteiger partial charge is 0.435 e. The van der Waals surface area contributed by atoms with Gasteiger partial charge in [0.2, 0.25) is 0 Å². The monoisotopic (exact) mass is 496 g/mol. The van der Waals surface area contributed by atoms with Crippen molar-refractivity contribution < 1.29 is 27.9 Å². The van der Waals surface area contributed by atoms with Crippen LogP contribution in [-0.2, 0) is 10.4 Å². The molecule has 1 heterocycles. The fourth-order valence-electron chi connectivity index (χ4n) is 3.85. The van der Waals surface area contributed by atoms with Crippen LogP contribution >= 0.6 is 23.2 Å². The summed E-state index contributed by atoms with van der Waals surface area (Å²) >= 11 is 11.9. The zero-order chi connectivity index (χ0) is 23.8. The van der Waals surface area contributed by atoms with Crippen LogP contribution in [0.5, 0.6) is 0 Å². The summed E-state index contributed by atoms with van der Waals surface area (Å²) in [6.45, 7) is -0.144. The number of hydrogen-bond acceptors (Lipinski definition) is 4. The Kier molecular flexibility index (Phi) is 6.26. The number of carbonyl (C=O) groups excluding carboxylic acids is 1. The number of halogens is 5. The smallest absolute Gasteiger partial charge is 0.395 e. The van der Waals surface area contributed by atoms with E-state index in [1.807, 2.05) is 0 Å². The lowest BCUT2D eigenvalue weighted by Crippen LogP contribution is -2.42. The van der Waals surface area contributed by atoms with Crippen LogP contribution in [-0.4, -0.2) is 36.1 Å². The first-order valence-electron chi connectivity index (χ1n) is 9.86. The van der Waals surface area contributed by atoms with Gasteiger partial charge in [0, 0.05) is 39.7 Å². The van der Waals surface area contributed by atoms with E-state index in [9.17, 15) is 18.0 Å². The van der Waals surface area contributed by atoms with E-state index in [-0.39, 0.29) is 34.5 Å². The lowest BCUT2D eigenvalue weighted by molar-refractivity contribution is -0.275. The number of aliphatic hydroxyl groups is 1. The maximum Gasteiger partial charge on any atom is 0.435 e. The zero-order valence-electron chi connectivity index (χ0n) is 16.9. The van der Waals surface area contributed by atoms with Gasteiger partial charge in [-0.05, 0) is 35.0 Å². The fourth-order valence-corrected chi connectivity index (χ4v) is 4.37. The van der Waals surface area contributed by atoms with Crippen LogP contribution in [0.3, 0.4) is 0 Å². The number of rotatable bonds is 5. The van der Waals surface area contributed by atoms with Gasteiger partial charge in [-0.3, -0.25) is 4.79 Å². The normalized spacial score (nSPS) is 18.2. The van der Waals surface area contributed by atoms with E-state index in [0.717, 1.165) is 12.1 Å². The first-order chi connectivity index (χ1) is 15.7. The maximum absolute atomic E-state index is 14.3. The van der Waals surface area contributed by atoms with Crippen LogP contribution in [0, 0.1) is 0 Å². The van der Waals surface area contributed by atoms with E-state index < -0.39 is 24.1 Å². The summed E-state index contributed by atoms with van der Waals surface area (Å²) in [5.41, 5.74) is -2.21. The highest BCUT2D eigenvalue weighted by Gasteiger charge is 2.62. The van der Waals surface area contributed by atoms with E-state index in [1.165, 1.54) is 18.2 Å². The second kappa shape index (κ2) is 8.85. The molecule has 172 valence electrons. The third-order valence-corrected chi connectivity index (χ3v) is 5.83. The summed E-state index contributed by atoms with van der Waals surface area (Å²) in [6, 6.07) is 13.5. The number of amides is 1. The third kappa shape index (κ3) is 4.26. The highest BCUT2D eigenvalue weighted by atomic mass is 35.5. The van der Waals surface area contributed by atoms with Crippen LogP contribution in [0.15, 0.2) is 59.8 Å². The number of benzene rings is 3. The van der Waals surface area contributed by atoms with Gasteiger partial charge >= 0.3 is 6.18 Å². The topological polar surface area (TPSA) is 70.9 Å². The van der Waals surface area contributed by atoms with Crippen LogP contribution in [0.2, 0.25) is 10.0 Å². The van der Waals surface area contributed by atoms with E-state index in [1.54, 1.807) is 24.3 Å². The minimum atomic E-state index is -4.81. The Bertz CT molecular complexity index is 1240. The van der Waals surface area contributed by atoms with Gasteiger partial charge in [-0.15, -0.1) is 0 Å². The molecule has 1 unspecified atom stereocenters. The number of carbonyl (C=O) groups is 1. The number of hydrogen-bond donors (Lipinski definition) is 2. The molecule has 1 aliphatic rings. The number of alkyl halides is 3. The summed E-state index contributed by atoms with van der Waals surface area (Å²) < 4.78 is 42.9. The molecule has 0 aromatic heterocycles. The molecular formula is C23H17Cl2F3N2O3. The molecule has 1 atom stereocenters. The molecule has 0 aliphatic carbocycles. The molecule has 0 spiro atoms. The summed E-state index contributed by atoms with van der Waals surface area (Å²) in [4.78, 5) is 17.6. The number of fused-ring (bicyclic) bond motifs is 1. The summed E-state index contributed by atoms with van der Waals surface area (Å²) in [5, 5.41) is 16.5. The lowest BCUT2D eigenvalue weighted by atomic mass is 9.85. The van der Waals surface area contributed by atoms with Crippen molar-refractivity contribution in [2.75, 3.05) is 13.2 Å². The molecule has 5 nitrogen and oxygen atoms in total. The molecule has 0 fully saturated rings. The molecular weight excluding hydrogens is 480 g/mol. The standard InChI is InChI=1S/C23H17Cl2F3N2O3/c24-14-9-13(10-15(25)11-14)22(23(26,27)28)12-20(30-33-22)18-5-6-19(21(32)29-7-8-31)17-4-2-1-3-16(17)18/h1-6,9-11,31H,7-8,12H2,(H,29,32). The van der Waals surface area contributed by atoms with E-state index in [0.29, 0.717) is 21.9 Å². The van der Waals surface area contributed by atoms with Gasteiger partial charge in [-0.2, -0.15) is 13.2 Å². The molecule has 0 saturated heterocycles.